The molecule has 0 aliphatic carbocycles. The van der Waals surface area contributed by atoms with E-state index < -0.39 is 0 Å². The van der Waals surface area contributed by atoms with Crippen molar-refractivity contribution in [2.45, 2.75) is 19.3 Å². The second-order valence-corrected chi connectivity index (χ2v) is 6.38. The van der Waals surface area contributed by atoms with Gasteiger partial charge in [-0.2, -0.15) is 0 Å². The average Bonchev–Trinajstić information content (AvgIpc) is 3.08. The first-order chi connectivity index (χ1) is 10.1. The minimum Gasteiger partial charge on any atom is -0.342 e. The Morgan fingerprint density at radius 1 is 1.19 bits per heavy atom. The van der Waals surface area contributed by atoms with E-state index in [1.165, 1.54) is 0 Å². The molecule has 6 heteroatoms. The molecule has 0 spiro atoms. The molecule has 2 heterocycles. The molecule has 1 atom stereocenters. The number of anilines is 1. The number of hydrogen-bond acceptors (Lipinski definition) is 2. The van der Waals surface area contributed by atoms with Crippen molar-refractivity contribution in [3.8, 4) is 0 Å². The highest BCUT2D eigenvalue weighted by molar-refractivity contribution is 6.36. The number of amides is 2. The lowest BCUT2D eigenvalue weighted by Gasteiger charge is -2.21. The molecule has 1 unspecified atom stereocenters. The van der Waals surface area contributed by atoms with Gasteiger partial charge >= 0.3 is 0 Å². The first-order valence-corrected chi connectivity index (χ1v) is 7.86. The quantitative estimate of drug-likeness (QED) is 0.838. The molecule has 112 valence electrons. The van der Waals surface area contributed by atoms with Crippen LogP contribution in [-0.4, -0.2) is 36.3 Å². The second-order valence-electron chi connectivity index (χ2n) is 5.53. The summed E-state index contributed by atoms with van der Waals surface area (Å²) >= 11 is 12.0. The van der Waals surface area contributed by atoms with Crippen LogP contribution in [0, 0.1) is 5.92 Å². The molecule has 1 aromatic rings. The lowest BCUT2D eigenvalue weighted by atomic mass is 10.1. The predicted molar refractivity (Wildman–Crippen MR) is 82.7 cm³/mol. The van der Waals surface area contributed by atoms with Crippen LogP contribution < -0.4 is 4.90 Å². The Kier molecular flexibility index (Phi) is 4.09. The van der Waals surface area contributed by atoms with Crippen molar-refractivity contribution in [3.63, 3.8) is 0 Å². The summed E-state index contributed by atoms with van der Waals surface area (Å²) in [7, 11) is 0. The molecule has 3 rings (SSSR count). The Labute approximate surface area is 133 Å². The van der Waals surface area contributed by atoms with Crippen LogP contribution in [0.3, 0.4) is 0 Å². The Morgan fingerprint density at radius 3 is 2.57 bits per heavy atom. The van der Waals surface area contributed by atoms with Crippen LogP contribution >= 0.6 is 23.2 Å². The third kappa shape index (κ3) is 2.87. The van der Waals surface area contributed by atoms with E-state index in [4.69, 9.17) is 23.2 Å². The SMILES string of the molecule is O=C(C1CC(=O)N(c2ccc(Cl)cc2Cl)C1)N1CCCC1. The molecular weight excluding hydrogens is 311 g/mol. The largest absolute Gasteiger partial charge is 0.342 e. The van der Waals surface area contributed by atoms with E-state index in [-0.39, 0.29) is 24.2 Å². The molecule has 2 aliphatic heterocycles. The molecule has 2 amide bonds. The Bertz CT molecular complexity index is 585. The summed E-state index contributed by atoms with van der Waals surface area (Å²) in [4.78, 5) is 28.1. The fourth-order valence-corrected chi connectivity index (χ4v) is 3.51. The van der Waals surface area contributed by atoms with Gasteiger partial charge in [-0.25, -0.2) is 0 Å². The highest BCUT2D eigenvalue weighted by Gasteiger charge is 2.38. The monoisotopic (exact) mass is 326 g/mol. The van der Waals surface area contributed by atoms with Crippen LogP contribution in [0.25, 0.3) is 0 Å². The first-order valence-electron chi connectivity index (χ1n) is 7.10. The van der Waals surface area contributed by atoms with Crippen molar-refractivity contribution < 1.29 is 9.59 Å². The molecule has 0 radical (unpaired) electrons. The zero-order valence-corrected chi connectivity index (χ0v) is 13.0. The van der Waals surface area contributed by atoms with E-state index in [1.54, 1.807) is 23.1 Å². The van der Waals surface area contributed by atoms with Gasteiger partial charge < -0.3 is 9.80 Å². The molecule has 0 aromatic heterocycles. The van der Waals surface area contributed by atoms with Crippen molar-refractivity contribution in [3.05, 3.63) is 28.2 Å². The number of likely N-dealkylation sites (tertiary alicyclic amines) is 1. The smallest absolute Gasteiger partial charge is 0.228 e. The van der Waals surface area contributed by atoms with Crippen molar-refractivity contribution >= 4 is 40.7 Å². The lowest BCUT2D eigenvalue weighted by Crippen LogP contribution is -2.35. The third-order valence-corrected chi connectivity index (χ3v) is 4.63. The average molecular weight is 327 g/mol. The van der Waals surface area contributed by atoms with Gasteiger partial charge in [0.05, 0.1) is 16.6 Å². The van der Waals surface area contributed by atoms with Crippen LogP contribution in [0.1, 0.15) is 19.3 Å². The normalized spacial score (nSPS) is 22.2. The van der Waals surface area contributed by atoms with Crippen molar-refractivity contribution in [1.82, 2.24) is 4.90 Å². The maximum Gasteiger partial charge on any atom is 0.228 e. The fraction of sp³-hybridized carbons (Fsp3) is 0.467. The third-order valence-electron chi connectivity index (χ3n) is 4.09. The highest BCUT2D eigenvalue weighted by atomic mass is 35.5. The van der Waals surface area contributed by atoms with E-state index in [1.807, 2.05) is 4.90 Å². The number of benzene rings is 1. The van der Waals surface area contributed by atoms with Crippen molar-refractivity contribution in [2.75, 3.05) is 24.5 Å². The summed E-state index contributed by atoms with van der Waals surface area (Å²) in [6.45, 7) is 2.02. The van der Waals surface area contributed by atoms with Crippen LogP contribution in [0.4, 0.5) is 5.69 Å². The van der Waals surface area contributed by atoms with Gasteiger partial charge in [-0.15, -0.1) is 0 Å². The summed E-state index contributed by atoms with van der Waals surface area (Å²) in [6, 6.07) is 5.04. The molecule has 0 N–H and O–H groups in total. The first kappa shape index (κ1) is 14.7. The number of carbonyl (C=O) groups excluding carboxylic acids is 2. The van der Waals surface area contributed by atoms with Crippen LogP contribution in [0.5, 0.6) is 0 Å². The van der Waals surface area contributed by atoms with E-state index in [2.05, 4.69) is 0 Å². The van der Waals surface area contributed by atoms with Gasteiger partial charge in [0.1, 0.15) is 0 Å². The van der Waals surface area contributed by atoms with Gasteiger partial charge in [-0.1, -0.05) is 23.2 Å². The molecule has 2 fully saturated rings. The van der Waals surface area contributed by atoms with Crippen molar-refractivity contribution in [2.24, 2.45) is 5.92 Å². The van der Waals surface area contributed by atoms with E-state index in [0.717, 1.165) is 25.9 Å². The second kappa shape index (κ2) is 5.85. The Morgan fingerprint density at radius 2 is 1.90 bits per heavy atom. The lowest BCUT2D eigenvalue weighted by molar-refractivity contribution is -0.134. The number of nitrogens with zero attached hydrogens (tertiary/aromatic N) is 2. The number of halogens is 2. The van der Waals surface area contributed by atoms with E-state index in [9.17, 15) is 9.59 Å². The highest BCUT2D eigenvalue weighted by Crippen LogP contribution is 2.33. The zero-order valence-electron chi connectivity index (χ0n) is 11.5. The van der Waals surface area contributed by atoms with Gasteiger partial charge in [0.2, 0.25) is 11.8 Å². The van der Waals surface area contributed by atoms with Crippen molar-refractivity contribution in [1.29, 1.82) is 0 Å². The van der Waals surface area contributed by atoms with Gasteiger partial charge in [0.25, 0.3) is 0 Å². The standard InChI is InChI=1S/C15H16Cl2N2O2/c16-11-3-4-13(12(17)8-11)19-9-10(7-14(19)20)15(21)18-5-1-2-6-18/h3-4,8,10H,1-2,5-7,9H2. The molecule has 21 heavy (non-hydrogen) atoms. The maximum absolute atomic E-state index is 12.4. The molecule has 4 nitrogen and oxygen atoms in total. The van der Waals surface area contributed by atoms with Crippen LogP contribution in [0.15, 0.2) is 18.2 Å². The van der Waals surface area contributed by atoms with Gasteiger partial charge in [-0.05, 0) is 31.0 Å². The topological polar surface area (TPSA) is 40.6 Å². The number of hydrogen-bond donors (Lipinski definition) is 0. The molecule has 0 bridgehead atoms. The number of rotatable bonds is 2. The minimum atomic E-state index is -0.262. The molecule has 2 saturated heterocycles. The Balaban J connectivity index is 1.76. The van der Waals surface area contributed by atoms with Crippen LogP contribution in [0.2, 0.25) is 10.0 Å². The molecule has 1 aromatic carbocycles. The van der Waals surface area contributed by atoms with Gasteiger partial charge in [0, 0.05) is 31.1 Å². The summed E-state index contributed by atoms with van der Waals surface area (Å²) < 4.78 is 0. The Hall–Kier alpha value is -1.26. The predicted octanol–water partition coefficient (Wildman–Crippen LogP) is 2.97. The van der Waals surface area contributed by atoms with Gasteiger partial charge in [0.15, 0.2) is 0 Å². The molecule has 0 saturated carbocycles. The number of carbonyl (C=O) groups is 2. The summed E-state index contributed by atoms with van der Waals surface area (Å²) in [5.41, 5.74) is 0.628. The summed E-state index contributed by atoms with van der Waals surface area (Å²) in [6.07, 6.45) is 2.37. The van der Waals surface area contributed by atoms with E-state index >= 15 is 0 Å². The maximum atomic E-state index is 12.4. The molecule has 2 aliphatic rings. The summed E-state index contributed by atoms with van der Waals surface area (Å²) in [5, 5.41) is 0.963. The fourth-order valence-electron chi connectivity index (χ4n) is 3.00. The van der Waals surface area contributed by atoms with Crippen LogP contribution in [-0.2, 0) is 9.59 Å². The van der Waals surface area contributed by atoms with E-state index in [0.29, 0.717) is 22.3 Å². The minimum absolute atomic E-state index is 0.0585. The zero-order chi connectivity index (χ0) is 15.0. The van der Waals surface area contributed by atoms with Gasteiger partial charge in [-0.3, -0.25) is 9.59 Å². The molecular formula is C15H16Cl2N2O2. The summed E-state index contributed by atoms with van der Waals surface area (Å²) in [5.74, 6) is -0.229.